The van der Waals surface area contributed by atoms with E-state index in [2.05, 4.69) is 10.4 Å². The van der Waals surface area contributed by atoms with Gasteiger partial charge >= 0.3 is 0 Å². The summed E-state index contributed by atoms with van der Waals surface area (Å²) < 4.78 is 6.86. The quantitative estimate of drug-likeness (QED) is 0.862. The highest BCUT2D eigenvalue weighted by Gasteiger charge is 2.27. The molecule has 1 aliphatic heterocycles. The third kappa shape index (κ3) is 3.15. The van der Waals surface area contributed by atoms with E-state index in [0.717, 1.165) is 43.5 Å². The van der Waals surface area contributed by atoms with E-state index in [1.165, 1.54) is 4.68 Å². The third-order valence-corrected chi connectivity index (χ3v) is 4.35. The average Bonchev–Trinajstić information content (AvgIpc) is 2.99. The van der Waals surface area contributed by atoms with Gasteiger partial charge in [-0.05, 0) is 37.7 Å². The normalized spacial score (nSPS) is 24.6. The fraction of sp³-hybridized carbons (Fsp3) is 0.667. The molecule has 1 saturated heterocycles. The molecule has 0 spiro atoms. The highest BCUT2D eigenvalue weighted by atomic mass is 16.5. The number of rotatable bonds is 3. The highest BCUT2D eigenvalue weighted by Crippen LogP contribution is 2.23. The van der Waals surface area contributed by atoms with E-state index in [-0.39, 0.29) is 23.5 Å². The summed E-state index contributed by atoms with van der Waals surface area (Å²) in [5.41, 5.74) is 1.75. The monoisotopic (exact) mass is 291 g/mol. The zero-order valence-electron chi connectivity index (χ0n) is 12.3. The van der Waals surface area contributed by atoms with E-state index < -0.39 is 0 Å². The van der Waals surface area contributed by atoms with Gasteiger partial charge in [-0.25, -0.2) is 4.68 Å². The molecule has 2 unspecified atom stereocenters. The van der Waals surface area contributed by atoms with Gasteiger partial charge < -0.3 is 10.1 Å². The van der Waals surface area contributed by atoms with Crippen molar-refractivity contribution < 1.29 is 9.53 Å². The summed E-state index contributed by atoms with van der Waals surface area (Å²) in [5.74, 6) is 0.00429. The van der Waals surface area contributed by atoms with Crippen LogP contribution < -0.4 is 10.9 Å². The molecule has 1 aromatic rings. The first-order valence-corrected chi connectivity index (χ1v) is 7.59. The lowest BCUT2D eigenvalue weighted by Crippen LogP contribution is -2.39. The van der Waals surface area contributed by atoms with Crippen LogP contribution in [0.25, 0.3) is 0 Å². The summed E-state index contributed by atoms with van der Waals surface area (Å²) in [4.78, 5) is 23.9. The molecule has 1 aliphatic carbocycles. The molecule has 2 atom stereocenters. The van der Waals surface area contributed by atoms with Crippen LogP contribution in [0, 0.1) is 5.92 Å². The van der Waals surface area contributed by atoms with E-state index in [4.69, 9.17) is 4.74 Å². The predicted molar refractivity (Wildman–Crippen MR) is 77.0 cm³/mol. The number of amides is 1. The minimum Gasteiger partial charge on any atom is -0.376 e. The number of carbonyl (C=O) groups excluding carboxylic acids is 1. The molecule has 114 valence electrons. The number of nitrogens with one attached hydrogen (secondary N) is 1. The molecule has 21 heavy (non-hydrogen) atoms. The first-order valence-electron chi connectivity index (χ1n) is 7.59. The van der Waals surface area contributed by atoms with Crippen molar-refractivity contribution >= 4 is 5.91 Å². The van der Waals surface area contributed by atoms with Gasteiger partial charge in [0.2, 0.25) is 5.91 Å². The minimum absolute atomic E-state index is 0.0622. The summed E-state index contributed by atoms with van der Waals surface area (Å²) >= 11 is 0. The lowest BCUT2D eigenvalue weighted by atomic mass is 9.86. The largest absolute Gasteiger partial charge is 0.376 e. The van der Waals surface area contributed by atoms with Crippen molar-refractivity contribution in [2.24, 2.45) is 13.0 Å². The van der Waals surface area contributed by atoms with Gasteiger partial charge in [0.15, 0.2) is 0 Å². The topological polar surface area (TPSA) is 73.2 Å². The van der Waals surface area contributed by atoms with Crippen LogP contribution >= 0.6 is 0 Å². The zero-order valence-corrected chi connectivity index (χ0v) is 12.3. The second-order valence-electron chi connectivity index (χ2n) is 5.90. The van der Waals surface area contributed by atoms with E-state index in [0.29, 0.717) is 13.0 Å². The van der Waals surface area contributed by atoms with Crippen molar-refractivity contribution in [2.45, 2.75) is 38.2 Å². The van der Waals surface area contributed by atoms with Gasteiger partial charge in [0.25, 0.3) is 5.56 Å². The molecule has 1 aromatic heterocycles. The van der Waals surface area contributed by atoms with Crippen LogP contribution in [0.5, 0.6) is 0 Å². The summed E-state index contributed by atoms with van der Waals surface area (Å²) in [6, 6.07) is 1.61. The van der Waals surface area contributed by atoms with E-state index >= 15 is 0 Å². The fourth-order valence-corrected chi connectivity index (χ4v) is 3.07. The Morgan fingerprint density at radius 3 is 3.14 bits per heavy atom. The first kappa shape index (κ1) is 14.3. The second kappa shape index (κ2) is 5.97. The van der Waals surface area contributed by atoms with Gasteiger partial charge in [0.1, 0.15) is 0 Å². The number of fused-ring (bicyclic) bond motifs is 1. The third-order valence-electron chi connectivity index (χ3n) is 4.35. The lowest BCUT2D eigenvalue weighted by molar-refractivity contribution is -0.125. The number of nitrogens with zero attached hydrogens (tertiary/aromatic N) is 2. The lowest BCUT2D eigenvalue weighted by Gasteiger charge is -2.23. The molecule has 0 saturated carbocycles. The Morgan fingerprint density at radius 2 is 2.38 bits per heavy atom. The van der Waals surface area contributed by atoms with Gasteiger partial charge in [0.05, 0.1) is 11.8 Å². The molecular formula is C15H21N3O3. The first-order chi connectivity index (χ1) is 10.1. The molecule has 0 aromatic carbocycles. The summed E-state index contributed by atoms with van der Waals surface area (Å²) in [6.07, 6.45) is 4.41. The maximum Gasteiger partial charge on any atom is 0.266 e. The Kier molecular flexibility index (Phi) is 4.05. The van der Waals surface area contributed by atoms with Crippen molar-refractivity contribution in [1.82, 2.24) is 15.1 Å². The maximum absolute atomic E-state index is 12.2. The molecule has 0 radical (unpaired) electrons. The molecule has 2 aliphatic rings. The minimum atomic E-state index is -0.117. The van der Waals surface area contributed by atoms with Crippen LogP contribution in [0.2, 0.25) is 0 Å². The molecule has 1 fully saturated rings. The number of aromatic nitrogens is 2. The molecular weight excluding hydrogens is 270 g/mol. The van der Waals surface area contributed by atoms with Crippen molar-refractivity contribution in [3.05, 3.63) is 27.7 Å². The van der Waals surface area contributed by atoms with Crippen LogP contribution in [0.4, 0.5) is 0 Å². The Labute approximate surface area is 123 Å². The number of ether oxygens (including phenoxy) is 1. The molecule has 0 bridgehead atoms. The standard InChI is InChI=1S/C15H21N3O3/c1-18-14(19)8-11-7-10(4-5-13(11)17-18)15(20)16-9-12-3-2-6-21-12/h8,10,12H,2-7,9H2,1H3,(H,16,20). The van der Waals surface area contributed by atoms with Gasteiger partial charge in [0, 0.05) is 32.2 Å². The van der Waals surface area contributed by atoms with Crippen molar-refractivity contribution in [1.29, 1.82) is 0 Å². The van der Waals surface area contributed by atoms with Crippen LogP contribution in [0.3, 0.4) is 0 Å². The Hall–Kier alpha value is -1.69. The van der Waals surface area contributed by atoms with Crippen LogP contribution in [-0.2, 0) is 29.4 Å². The highest BCUT2D eigenvalue weighted by molar-refractivity contribution is 5.79. The van der Waals surface area contributed by atoms with Gasteiger partial charge in [-0.1, -0.05) is 0 Å². The number of hydrogen-bond acceptors (Lipinski definition) is 4. The molecule has 3 rings (SSSR count). The number of hydrogen-bond donors (Lipinski definition) is 1. The number of aryl methyl sites for hydroxylation is 2. The van der Waals surface area contributed by atoms with Crippen LogP contribution in [-0.4, -0.2) is 34.9 Å². The van der Waals surface area contributed by atoms with Gasteiger partial charge in [-0.3, -0.25) is 9.59 Å². The second-order valence-corrected chi connectivity index (χ2v) is 5.90. The zero-order chi connectivity index (χ0) is 14.8. The molecule has 6 heteroatoms. The molecule has 1 amide bonds. The molecule has 6 nitrogen and oxygen atoms in total. The Balaban J connectivity index is 1.61. The SMILES string of the molecule is Cn1nc2c(cc1=O)CC(C(=O)NCC1CCCO1)CC2. The van der Waals surface area contributed by atoms with E-state index in [1.807, 2.05) is 0 Å². The average molecular weight is 291 g/mol. The Bertz CT molecular complexity index is 590. The Morgan fingerprint density at radius 1 is 1.52 bits per heavy atom. The van der Waals surface area contributed by atoms with E-state index in [1.54, 1.807) is 13.1 Å². The van der Waals surface area contributed by atoms with E-state index in [9.17, 15) is 9.59 Å². The fourth-order valence-electron chi connectivity index (χ4n) is 3.07. The van der Waals surface area contributed by atoms with Crippen LogP contribution in [0.15, 0.2) is 10.9 Å². The van der Waals surface area contributed by atoms with Crippen molar-refractivity contribution in [2.75, 3.05) is 13.2 Å². The molecule has 1 N–H and O–H groups in total. The summed E-state index contributed by atoms with van der Waals surface area (Å²) in [6.45, 7) is 1.39. The molecule has 2 heterocycles. The van der Waals surface area contributed by atoms with Crippen molar-refractivity contribution in [3.8, 4) is 0 Å². The van der Waals surface area contributed by atoms with Gasteiger partial charge in [-0.15, -0.1) is 0 Å². The summed E-state index contributed by atoms with van der Waals surface area (Å²) in [5, 5.41) is 7.25. The van der Waals surface area contributed by atoms with Crippen LogP contribution in [0.1, 0.15) is 30.5 Å². The van der Waals surface area contributed by atoms with Crippen molar-refractivity contribution in [3.63, 3.8) is 0 Å². The summed E-state index contributed by atoms with van der Waals surface area (Å²) in [7, 11) is 1.66. The maximum atomic E-state index is 12.2. The predicted octanol–water partition coefficient (Wildman–Crippen LogP) is 0.180. The number of carbonyl (C=O) groups is 1. The van der Waals surface area contributed by atoms with Gasteiger partial charge in [-0.2, -0.15) is 5.10 Å². The smallest absolute Gasteiger partial charge is 0.266 e.